The zero-order valence-corrected chi connectivity index (χ0v) is 24.1. The lowest BCUT2D eigenvalue weighted by molar-refractivity contribution is -0.288. The number of aromatic amines is 1. The summed E-state index contributed by atoms with van der Waals surface area (Å²) >= 11 is 0. The van der Waals surface area contributed by atoms with Crippen molar-refractivity contribution < 1.29 is 72.0 Å². The van der Waals surface area contributed by atoms with E-state index in [1.807, 2.05) is 11.9 Å². The third kappa shape index (κ3) is 9.07. The van der Waals surface area contributed by atoms with E-state index in [-0.39, 0.29) is 6.61 Å². The Morgan fingerprint density at radius 3 is 2.31 bits per heavy atom. The first-order valence-corrected chi connectivity index (χ1v) is 16.0. The van der Waals surface area contributed by atoms with Gasteiger partial charge in [-0.15, -0.1) is 0 Å². The molecule has 11 atom stereocenters. The van der Waals surface area contributed by atoms with Crippen LogP contribution in [-0.4, -0.2) is 114 Å². The van der Waals surface area contributed by atoms with Crippen molar-refractivity contribution in [1.29, 1.82) is 0 Å². The van der Waals surface area contributed by atoms with E-state index < -0.39 is 95.4 Å². The molecule has 42 heavy (non-hydrogen) atoms. The molecule has 2 fully saturated rings. The predicted octanol–water partition coefficient (Wildman–Crippen LogP) is -2.19. The van der Waals surface area contributed by atoms with Crippen LogP contribution in [0, 0.1) is 0 Å². The fraction of sp³-hybridized carbons (Fsp3) is 0.810. The number of ether oxygens (including phenoxy) is 3. The maximum Gasteiger partial charge on any atom is 0.483 e. The molecule has 0 bridgehead atoms. The number of aliphatic hydroxyl groups is 5. The molecule has 1 aromatic heterocycles. The minimum absolute atomic E-state index is 0.0953. The normalized spacial score (nSPS) is 34.6. The van der Waals surface area contributed by atoms with Gasteiger partial charge in [0, 0.05) is 18.9 Å². The number of phosphoric acid groups is 2. The van der Waals surface area contributed by atoms with Gasteiger partial charge in [-0.25, -0.2) is 13.9 Å². The topological polar surface area (TPSA) is 286 Å². The average molecular weight is 650 g/mol. The summed E-state index contributed by atoms with van der Waals surface area (Å²) in [5.41, 5.74) is -1.72. The molecule has 0 saturated carbocycles. The van der Waals surface area contributed by atoms with E-state index in [1.54, 1.807) is 0 Å². The van der Waals surface area contributed by atoms with Crippen LogP contribution in [0.3, 0.4) is 0 Å². The molecule has 0 aliphatic carbocycles. The molecule has 0 aromatic carbocycles. The number of nitrogens with zero attached hydrogens (tertiary/aromatic N) is 1. The fourth-order valence-corrected chi connectivity index (χ4v) is 6.44. The number of phosphoric ester groups is 2. The van der Waals surface area contributed by atoms with Gasteiger partial charge in [0.25, 0.3) is 5.56 Å². The molecular weight excluding hydrogens is 614 g/mol. The van der Waals surface area contributed by atoms with E-state index >= 15 is 0 Å². The first-order chi connectivity index (χ1) is 19.7. The van der Waals surface area contributed by atoms with Crippen molar-refractivity contribution in [2.75, 3.05) is 19.8 Å². The molecule has 0 radical (unpaired) electrons. The molecule has 242 valence electrons. The smallest absolute Gasteiger partial charge is 0.394 e. The molecule has 3 rings (SSSR count). The maximum atomic E-state index is 12.5. The zero-order valence-electron chi connectivity index (χ0n) is 22.4. The minimum atomic E-state index is -5.58. The molecule has 19 nitrogen and oxygen atoms in total. The minimum Gasteiger partial charge on any atom is -0.394 e. The lowest BCUT2D eigenvalue weighted by Crippen LogP contribution is -2.60. The van der Waals surface area contributed by atoms with E-state index in [4.69, 9.17) is 18.7 Å². The van der Waals surface area contributed by atoms with Gasteiger partial charge in [-0.2, -0.15) is 4.31 Å². The highest BCUT2D eigenvalue weighted by molar-refractivity contribution is 7.61. The molecule has 0 amide bonds. The fourth-order valence-electron chi connectivity index (χ4n) is 4.28. The molecule has 0 spiro atoms. The highest BCUT2D eigenvalue weighted by Gasteiger charge is 2.50. The van der Waals surface area contributed by atoms with Crippen molar-refractivity contribution in [1.82, 2.24) is 9.55 Å². The van der Waals surface area contributed by atoms with Crippen LogP contribution >= 0.6 is 15.6 Å². The van der Waals surface area contributed by atoms with E-state index in [0.717, 1.165) is 36.1 Å². The Hall–Kier alpha value is -1.38. The monoisotopic (exact) mass is 650 g/mol. The van der Waals surface area contributed by atoms with Crippen LogP contribution in [0.1, 0.15) is 38.8 Å². The van der Waals surface area contributed by atoms with Gasteiger partial charge in [-0.05, 0) is 6.42 Å². The molecule has 1 aromatic rings. The van der Waals surface area contributed by atoms with Crippen molar-refractivity contribution in [2.24, 2.45) is 0 Å². The summed E-state index contributed by atoms with van der Waals surface area (Å²) in [7, 11) is -11.1. The summed E-state index contributed by atoms with van der Waals surface area (Å²) in [6, 6.07) is 0.945. The van der Waals surface area contributed by atoms with E-state index in [1.165, 1.54) is 0 Å². The van der Waals surface area contributed by atoms with E-state index in [2.05, 4.69) is 8.83 Å². The lowest BCUT2D eigenvalue weighted by Gasteiger charge is -2.41. The summed E-state index contributed by atoms with van der Waals surface area (Å²) in [6.07, 6.45) is -10.8. The SMILES string of the molecule is CCCCCCO[C@@H]1[C@@H](O)[C@@H](OP(=O)(O)OP(=O)(O)OC[C@H]2O[C@@H](n3ccc(=O)[nH]c3=O)[C@H](O)[C@@H]2O)O[C@H](CO)[C@H]1O. The Labute approximate surface area is 238 Å². The molecule has 2 aliphatic rings. The van der Waals surface area contributed by atoms with Gasteiger partial charge in [0.05, 0.1) is 13.2 Å². The van der Waals surface area contributed by atoms with Gasteiger partial charge in [-0.3, -0.25) is 23.4 Å². The lowest BCUT2D eigenvalue weighted by atomic mass is 9.99. The summed E-state index contributed by atoms with van der Waals surface area (Å²) in [5, 5.41) is 50.9. The molecule has 8 N–H and O–H groups in total. The van der Waals surface area contributed by atoms with Crippen molar-refractivity contribution in [3.05, 3.63) is 33.1 Å². The largest absolute Gasteiger partial charge is 0.483 e. The average Bonchev–Trinajstić information content (AvgIpc) is 3.18. The predicted molar refractivity (Wildman–Crippen MR) is 137 cm³/mol. The van der Waals surface area contributed by atoms with Crippen molar-refractivity contribution in [2.45, 2.75) is 87.9 Å². The number of aromatic nitrogens is 2. The molecule has 3 heterocycles. The first kappa shape index (κ1) is 35.1. The van der Waals surface area contributed by atoms with Crippen molar-refractivity contribution >= 4 is 15.6 Å². The number of rotatable bonds is 15. The highest BCUT2D eigenvalue weighted by atomic mass is 31.3. The molecular formula is C21H36N2O17P2. The summed E-state index contributed by atoms with van der Waals surface area (Å²) in [5.74, 6) is 0. The maximum absolute atomic E-state index is 12.5. The summed E-state index contributed by atoms with van der Waals surface area (Å²) in [6.45, 7) is 0.287. The van der Waals surface area contributed by atoms with Crippen LogP contribution in [0.5, 0.6) is 0 Å². The Bertz CT molecular complexity index is 1230. The number of H-pyrrole nitrogens is 1. The van der Waals surface area contributed by atoms with Crippen molar-refractivity contribution in [3.8, 4) is 0 Å². The van der Waals surface area contributed by atoms with Gasteiger partial charge < -0.3 is 49.5 Å². The van der Waals surface area contributed by atoms with Crippen LogP contribution in [0.15, 0.2) is 21.9 Å². The summed E-state index contributed by atoms with van der Waals surface area (Å²) in [4.78, 5) is 45.2. The number of hydrogen-bond acceptors (Lipinski definition) is 15. The Kier molecular flexibility index (Phi) is 12.6. The second kappa shape index (κ2) is 15.1. The standard InChI is InChI=1S/C21H36N2O17P2/c1-2-3-4-5-8-35-18-15(27)11(9-24)38-20(17(18)29)39-42(33,34)40-41(31,32)36-10-12-14(26)16(28)19(37-12)23-7-6-13(25)22-21(23)30/h6-7,11-12,14-20,24,26-29H,2-5,8-10H2,1H3,(H,31,32)(H,33,34)(H,22,25,30)/t11-,12-,14-,15-,16-,17-,18+,19-,20-/m1/s1. The second-order valence-corrected chi connectivity index (χ2v) is 12.6. The number of aliphatic hydroxyl groups excluding tert-OH is 5. The Morgan fingerprint density at radius 1 is 0.952 bits per heavy atom. The number of hydrogen-bond donors (Lipinski definition) is 8. The Morgan fingerprint density at radius 2 is 1.67 bits per heavy atom. The van der Waals surface area contributed by atoms with Crippen LogP contribution < -0.4 is 11.2 Å². The Balaban J connectivity index is 1.59. The molecule has 2 saturated heterocycles. The third-order valence-corrected chi connectivity index (χ3v) is 9.04. The number of nitrogens with one attached hydrogen (secondary N) is 1. The van der Waals surface area contributed by atoms with Gasteiger partial charge >= 0.3 is 21.3 Å². The van der Waals surface area contributed by atoms with Crippen LogP contribution in [0.4, 0.5) is 0 Å². The zero-order chi connectivity index (χ0) is 31.2. The second-order valence-electron chi connectivity index (χ2n) is 9.59. The highest BCUT2D eigenvalue weighted by Crippen LogP contribution is 2.61. The molecule has 21 heteroatoms. The van der Waals surface area contributed by atoms with Gasteiger partial charge in [0.1, 0.15) is 42.7 Å². The van der Waals surface area contributed by atoms with Gasteiger partial charge in [0.2, 0.25) is 0 Å². The third-order valence-electron chi connectivity index (χ3n) is 6.44. The van der Waals surface area contributed by atoms with Crippen LogP contribution in [0.2, 0.25) is 0 Å². The van der Waals surface area contributed by atoms with Gasteiger partial charge in [-0.1, -0.05) is 26.2 Å². The van der Waals surface area contributed by atoms with Gasteiger partial charge in [0.15, 0.2) is 12.5 Å². The van der Waals surface area contributed by atoms with E-state index in [0.29, 0.717) is 6.42 Å². The number of unbranched alkanes of at least 4 members (excludes halogenated alkanes) is 3. The molecule has 2 unspecified atom stereocenters. The van der Waals surface area contributed by atoms with E-state index in [9.17, 15) is 54.0 Å². The first-order valence-electron chi connectivity index (χ1n) is 13.0. The molecule has 2 aliphatic heterocycles. The van der Waals surface area contributed by atoms with Crippen molar-refractivity contribution in [3.63, 3.8) is 0 Å². The van der Waals surface area contributed by atoms with Crippen LogP contribution in [-0.2, 0) is 36.7 Å². The summed E-state index contributed by atoms with van der Waals surface area (Å²) < 4.78 is 55.1. The van der Waals surface area contributed by atoms with Crippen LogP contribution in [0.25, 0.3) is 0 Å². The quantitative estimate of drug-likeness (QED) is 0.0739.